The monoisotopic (exact) mass is 424 g/mol. The molecule has 0 spiro atoms. The Hall–Kier alpha value is -3.32. The van der Waals surface area contributed by atoms with Crippen LogP contribution >= 0.6 is 0 Å². The number of hydrogen-bond acceptors (Lipinski definition) is 4. The predicted molar refractivity (Wildman–Crippen MR) is 119 cm³/mol. The SMILES string of the molecule is CCc1ccc(NC(=O)c2ccc(NS(=O)(=O)c3ccc(OC)cc3)c(C)c2)cc1. The van der Waals surface area contributed by atoms with Crippen LogP contribution in [0.25, 0.3) is 0 Å². The van der Waals surface area contributed by atoms with Crippen molar-refractivity contribution in [2.75, 3.05) is 17.1 Å². The summed E-state index contributed by atoms with van der Waals surface area (Å²) in [5, 5.41) is 2.85. The van der Waals surface area contributed by atoms with Crippen LogP contribution < -0.4 is 14.8 Å². The first-order valence-electron chi connectivity index (χ1n) is 9.50. The van der Waals surface area contributed by atoms with E-state index in [0.29, 0.717) is 28.3 Å². The number of rotatable bonds is 7. The summed E-state index contributed by atoms with van der Waals surface area (Å²) in [5.74, 6) is 0.316. The van der Waals surface area contributed by atoms with E-state index in [1.807, 2.05) is 24.3 Å². The highest BCUT2D eigenvalue weighted by atomic mass is 32.2. The minimum Gasteiger partial charge on any atom is -0.497 e. The van der Waals surface area contributed by atoms with E-state index in [4.69, 9.17) is 4.74 Å². The van der Waals surface area contributed by atoms with E-state index in [2.05, 4.69) is 17.0 Å². The number of amides is 1. The maximum atomic E-state index is 12.6. The fourth-order valence-corrected chi connectivity index (χ4v) is 4.04. The molecule has 6 nitrogen and oxygen atoms in total. The molecule has 30 heavy (non-hydrogen) atoms. The molecule has 2 N–H and O–H groups in total. The van der Waals surface area contributed by atoms with Crippen molar-refractivity contribution in [2.45, 2.75) is 25.2 Å². The van der Waals surface area contributed by atoms with E-state index < -0.39 is 10.0 Å². The number of methoxy groups -OCH3 is 1. The summed E-state index contributed by atoms with van der Waals surface area (Å²) < 4.78 is 32.9. The van der Waals surface area contributed by atoms with Crippen LogP contribution in [0.4, 0.5) is 11.4 Å². The summed E-state index contributed by atoms with van der Waals surface area (Å²) in [7, 11) is -2.24. The molecule has 0 atom stereocenters. The van der Waals surface area contributed by atoms with E-state index in [1.54, 1.807) is 37.3 Å². The zero-order valence-electron chi connectivity index (χ0n) is 17.1. The van der Waals surface area contributed by atoms with Gasteiger partial charge in [-0.25, -0.2) is 8.42 Å². The summed E-state index contributed by atoms with van der Waals surface area (Å²) in [5.41, 5.74) is 3.40. The second-order valence-electron chi connectivity index (χ2n) is 6.82. The lowest BCUT2D eigenvalue weighted by atomic mass is 10.1. The fourth-order valence-electron chi connectivity index (χ4n) is 2.91. The number of hydrogen-bond donors (Lipinski definition) is 2. The lowest BCUT2D eigenvalue weighted by molar-refractivity contribution is 0.102. The number of carbonyl (C=O) groups is 1. The van der Waals surface area contributed by atoms with Crippen LogP contribution in [0.1, 0.15) is 28.4 Å². The molecule has 0 saturated carbocycles. The van der Waals surface area contributed by atoms with E-state index >= 15 is 0 Å². The molecule has 3 aromatic rings. The number of anilines is 2. The molecule has 0 fully saturated rings. The Bertz CT molecular complexity index is 1140. The fraction of sp³-hybridized carbons (Fsp3) is 0.174. The van der Waals surface area contributed by atoms with Crippen molar-refractivity contribution < 1.29 is 17.9 Å². The number of ether oxygens (including phenoxy) is 1. The molecule has 0 bridgehead atoms. The van der Waals surface area contributed by atoms with Gasteiger partial charge in [0.1, 0.15) is 5.75 Å². The topological polar surface area (TPSA) is 84.5 Å². The predicted octanol–water partition coefficient (Wildman–Crippen LogP) is 4.62. The van der Waals surface area contributed by atoms with E-state index in [-0.39, 0.29) is 10.8 Å². The van der Waals surface area contributed by atoms with Crippen LogP contribution in [-0.4, -0.2) is 21.4 Å². The minimum absolute atomic E-state index is 0.125. The molecular formula is C23H24N2O4S. The van der Waals surface area contributed by atoms with Gasteiger partial charge in [-0.15, -0.1) is 0 Å². The molecule has 0 aliphatic carbocycles. The van der Waals surface area contributed by atoms with Gasteiger partial charge < -0.3 is 10.1 Å². The molecule has 0 aromatic heterocycles. The van der Waals surface area contributed by atoms with E-state index in [0.717, 1.165) is 6.42 Å². The van der Waals surface area contributed by atoms with Crippen molar-refractivity contribution in [2.24, 2.45) is 0 Å². The van der Waals surface area contributed by atoms with Crippen LogP contribution in [0, 0.1) is 6.92 Å². The first kappa shape index (κ1) is 21.4. The van der Waals surface area contributed by atoms with Crippen LogP contribution in [0.2, 0.25) is 0 Å². The minimum atomic E-state index is -3.76. The maximum absolute atomic E-state index is 12.6. The van der Waals surface area contributed by atoms with Gasteiger partial charge in [0.15, 0.2) is 0 Å². The molecule has 3 aromatic carbocycles. The van der Waals surface area contributed by atoms with Crippen molar-refractivity contribution in [1.29, 1.82) is 0 Å². The molecule has 0 aliphatic rings. The highest BCUT2D eigenvalue weighted by molar-refractivity contribution is 7.92. The Morgan fingerprint density at radius 3 is 2.20 bits per heavy atom. The third-order valence-corrected chi connectivity index (χ3v) is 6.10. The van der Waals surface area contributed by atoms with E-state index in [1.165, 1.54) is 24.8 Å². The quantitative estimate of drug-likeness (QED) is 0.580. The standard InChI is InChI=1S/C23H24N2O4S/c1-4-17-5-8-19(9-6-17)24-23(26)18-7-14-22(16(2)15-18)25-30(27,28)21-12-10-20(29-3)11-13-21/h5-15,25H,4H2,1-3H3,(H,24,26). The van der Waals surface area contributed by atoms with Crippen LogP contribution in [0.3, 0.4) is 0 Å². The third-order valence-electron chi connectivity index (χ3n) is 4.72. The number of benzene rings is 3. The van der Waals surface area contributed by atoms with Crippen molar-refractivity contribution in [1.82, 2.24) is 0 Å². The van der Waals surface area contributed by atoms with Gasteiger partial charge in [0.2, 0.25) is 0 Å². The Morgan fingerprint density at radius 1 is 0.967 bits per heavy atom. The Balaban J connectivity index is 1.74. The number of aryl methyl sites for hydroxylation is 2. The molecule has 0 unspecified atom stereocenters. The number of carbonyl (C=O) groups excluding carboxylic acids is 1. The molecule has 0 aliphatic heterocycles. The molecule has 0 saturated heterocycles. The van der Waals surface area contributed by atoms with Crippen molar-refractivity contribution in [3.63, 3.8) is 0 Å². The average molecular weight is 425 g/mol. The van der Waals surface area contributed by atoms with Crippen molar-refractivity contribution in [3.05, 3.63) is 83.4 Å². The van der Waals surface area contributed by atoms with Crippen LogP contribution in [-0.2, 0) is 16.4 Å². The van der Waals surface area contributed by atoms with Gasteiger partial charge in [0, 0.05) is 11.3 Å². The summed E-state index contributed by atoms with van der Waals surface area (Å²) >= 11 is 0. The Labute approximate surface area is 177 Å². The smallest absolute Gasteiger partial charge is 0.261 e. The summed E-state index contributed by atoms with van der Waals surface area (Å²) in [4.78, 5) is 12.7. The summed E-state index contributed by atoms with van der Waals surface area (Å²) in [6, 6.07) is 18.6. The van der Waals surface area contributed by atoms with Crippen molar-refractivity contribution in [3.8, 4) is 5.75 Å². The molecule has 7 heteroatoms. The Kier molecular flexibility index (Phi) is 6.42. The van der Waals surface area contributed by atoms with Gasteiger partial charge >= 0.3 is 0 Å². The second kappa shape index (κ2) is 9.00. The van der Waals surface area contributed by atoms with Gasteiger partial charge in [-0.05, 0) is 79.1 Å². The largest absolute Gasteiger partial charge is 0.497 e. The van der Waals surface area contributed by atoms with Gasteiger partial charge in [-0.1, -0.05) is 19.1 Å². The first-order chi connectivity index (χ1) is 14.3. The molecule has 0 heterocycles. The zero-order valence-corrected chi connectivity index (χ0v) is 17.9. The summed E-state index contributed by atoms with van der Waals surface area (Å²) in [6.45, 7) is 3.82. The van der Waals surface area contributed by atoms with E-state index in [9.17, 15) is 13.2 Å². The molecular weight excluding hydrogens is 400 g/mol. The first-order valence-corrected chi connectivity index (χ1v) is 11.0. The lowest BCUT2D eigenvalue weighted by Crippen LogP contribution is -2.15. The normalized spacial score (nSPS) is 11.0. The highest BCUT2D eigenvalue weighted by Crippen LogP contribution is 2.23. The van der Waals surface area contributed by atoms with Gasteiger partial charge in [0.25, 0.3) is 15.9 Å². The number of sulfonamides is 1. The number of nitrogens with one attached hydrogen (secondary N) is 2. The maximum Gasteiger partial charge on any atom is 0.261 e. The van der Waals surface area contributed by atoms with Crippen LogP contribution in [0.15, 0.2) is 71.6 Å². The second-order valence-corrected chi connectivity index (χ2v) is 8.50. The molecule has 0 radical (unpaired) electrons. The third kappa shape index (κ3) is 4.99. The van der Waals surface area contributed by atoms with Crippen molar-refractivity contribution >= 4 is 27.3 Å². The van der Waals surface area contributed by atoms with Gasteiger partial charge in [0.05, 0.1) is 17.7 Å². The molecule has 156 valence electrons. The average Bonchev–Trinajstić information content (AvgIpc) is 2.75. The zero-order chi connectivity index (χ0) is 21.7. The molecule has 1 amide bonds. The Morgan fingerprint density at radius 2 is 1.63 bits per heavy atom. The van der Waals surface area contributed by atoms with Gasteiger partial charge in [-0.2, -0.15) is 0 Å². The van der Waals surface area contributed by atoms with Crippen LogP contribution in [0.5, 0.6) is 5.75 Å². The lowest BCUT2D eigenvalue weighted by Gasteiger charge is -2.13. The highest BCUT2D eigenvalue weighted by Gasteiger charge is 2.16. The summed E-state index contributed by atoms with van der Waals surface area (Å²) in [6.07, 6.45) is 0.932. The van der Waals surface area contributed by atoms with Gasteiger partial charge in [-0.3, -0.25) is 9.52 Å². The molecule has 3 rings (SSSR count).